The van der Waals surface area contributed by atoms with Gasteiger partial charge in [-0.15, -0.1) is 0 Å². The van der Waals surface area contributed by atoms with Gasteiger partial charge < -0.3 is 0 Å². The molecule has 0 bridgehead atoms. The summed E-state index contributed by atoms with van der Waals surface area (Å²) in [5, 5.41) is 0. The van der Waals surface area contributed by atoms with Gasteiger partial charge in [0.15, 0.2) is 0 Å². The normalized spacial score (nSPS) is 11.5. The zero-order valence-corrected chi connectivity index (χ0v) is 16.6. The number of hydrogen-bond donors (Lipinski definition) is 1. The monoisotopic (exact) mass is 399 g/mol. The molecule has 4 aromatic carbocycles. The van der Waals surface area contributed by atoms with Crippen molar-refractivity contribution in [1.82, 2.24) is 4.72 Å². The van der Waals surface area contributed by atoms with Crippen LogP contribution in [0.25, 0.3) is 11.1 Å². The first kappa shape index (κ1) is 19.1. The van der Waals surface area contributed by atoms with Crippen molar-refractivity contribution >= 4 is 10.0 Å². The fourth-order valence-electron chi connectivity index (χ4n) is 3.30. The molecule has 144 valence electrons. The van der Waals surface area contributed by atoms with Crippen LogP contribution in [0, 0.1) is 0 Å². The second-order valence-electron chi connectivity index (χ2n) is 6.77. The molecule has 0 heterocycles. The van der Waals surface area contributed by atoms with Crippen molar-refractivity contribution in [3.05, 3.63) is 126 Å². The number of nitrogens with one attached hydrogen (secondary N) is 1. The molecule has 4 heteroatoms. The summed E-state index contributed by atoms with van der Waals surface area (Å²) in [5.41, 5.74) is 3.81. The van der Waals surface area contributed by atoms with Gasteiger partial charge in [-0.2, -0.15) is 4.72 Å². The maximum atomic E-state index is 13.1. The summed E-state index contributed by atoms with van der Waals surface area (Å²) in [5.74, 6) is 0. The molecule has 0 aliphatic rings. The number of benzene rings is 4. The van der Waals surface area contributed by atoms with Gasteiger partial charge >= 0.3 is 0 Å². The summed E-state index contributed by atoms with van der Waals surface area (Å²) < 4.78 is 29.1. The molecule has 0 saturated heterocycles. The van der Waals surface area contributed by atoms with Gasteiger partial charge in [-0.1, -0.05) is 103 Å². The lowest BCUT2D eigenvalue weighted by Gasteiger charge is -2.20. The van der Waals surface area contributed by atoms with Crippen LogP contribution in [0.1, 0.15) is 17.2 Å². The van der Waals surface area contributed by atoms with Crippen molar-refractivity contribution in [2.75, 3.05) is 0 Å². The minimum atomic E-state index is -3.70. The number of rotatable bonds is 6. The molecule has 0 aliphatic carbocycles. The van der Waals surface area contributed by atoms with Gasteiger partial charge in [-0.3, -0.25) is 0 Å². The lowest BCUT2D eigenvalue weighted by Crippen LogP contribution is -2.29. The van der Waals surface area contributed by atoms with Crippen LogP contribution in [0.15, 0.2) is 120 Å². The Hall–Kier alpha value is -3.21. The minimum absolute atomic E-state index is 0.244. The van der Waals surface area contributed by atoms with Crippen LogP contribution < -0.4 is 4.72 Å². The predicted molar refractivity (Wildman–Crippen MR) is 117 cm³/mol. The first-order chi connectivity index (χ1) is 14.1. The predicted octanol–water partition coefficient (Wildman–Crippen LogP) is 5.42. The summed E-state index contributed by atoms with van der Waals surface area (Å²) in [6.07, 6.45) is 0. The van der Waals surface area contributed by atoms with E-state index in [2.05, 4.69) is 4.72 Å². The van der Waals surface area contributed by atoms with E-state index >= 15 is 0 Å². The SMILES string of the molecule is O=S(=O)(NC(c1ccccc1)c1ccccc1)c1ccc(-c2ccccc2)cc1. The summed E-state index contributed by atoms with van der Waals surface area (Å²) in [4.78, 5) is 0.244. The fourth-order valence-corrected chi connectivity index (χ4v) is 4.51. The van der Waals surface area contributed by atoms with Crippen molar-refractivity contribution in [3.8, 4) is 11.1 Å². The molecule has 3 nitrogen and oxygen atoms in total. The highest BCUT2D eigenvalue weighted by Gasteiger charge is 2.22. The van der Waals surface area contributed by atoms with E-state index in [9.17, 15) is 8.42 Å². The Morgan fingerprint density at radius 1 is 0.517 bits per heavy atom. The molecule has 0 amide bonds. The van der Waals surface area contributed by atoms with Crippen LogP contribution in [0.5, 0.6) is 0 Å². The molecule has 1 N–H and O–H groups in total. The second kappa shape index (κ2) is 8.43. The largest absolute Gasteiger partial charge is 0.241 e. The van der Waals surface area contributed by atoms with E-state index in [0.717, 1.165) is 22.3 Å². The van der Waals surface area contributed by atoms with E-state index in [1.165, 1.54) is 0 Å². The molecule has 0 saturated carbocycles. The molecule has 0 fully saturated rings. The minimum Gasteiger partial charge on any atom is -0.207 e. The Bertz CT molecular complexity index is 1120. The third-order valence-electron chi connectivity index (χ3n) is 4.81. The highest BCUT2D eigenvalue weighted by molar-refractivity contribution is 7.89. The number of hydrogen-bond acceptors (Lipinski definition) is 2. The third kappa shape index (κ3) is 4.45. The highest BCUT2D eigenvalue weighted by Crippen LogP contribution is 2.26. The standard InChI is InChI=1S/C25H21NO2S/c27-29(28,24-18-16-21(17-19-24)20-10-4-1-5-11-20)26-25(22-12-6-2-7-13-22)23-14-8-3-9-15-23/h1-19,25-26H. The zero-order chi connectivity index (χ0) is 20.1. The van der Waals surface area contributed by atoms with E-state index in [4.69, 9.17) is 0 Å². The van der Waals surface area contributed by atoms with Crippen LogP contribution in [0.2, 0.25) is 0 Å². The molecule has 0 spiro atoms. The summed E-state index contributed by atoms with van der Waals surface area (Å²) in [7, 11) is -3.70. The Balaban J connectivity index is 1.65. The first-order valence-electron chi connectivity index (χ1n) is 9.41. The highest BCUT2D eigenvalue weighted by atomic mass is 32.2. The molecule has 29 heavy (non-hydrogen) atoms. The van der Waals surface area contributed by atoms with Crippen LogP contribution in [0.4, 0.5) is 0 Å². The lowest BCUT2D eigenvalue weighted by molar-refractivity contribution is 0.572. The molecule has 0 radical (unpaired) electrons. The lowest BCUT2D eigenvalue weighted by atomic mass is 10.00. The zero-order valence-electron chi connectivity index (χ0n) is 15.8. The van der Waals surface area contributed by atoms with E-state index < -0.39 is 16.1 Å². The Morgan fingerprint density at radius 3 is 1.41 bits per heavy atom. The topological polar surface area (TPSA) is 46.2 Å². The molecular weight excluding hydrogens is 378 g/mol. The van der Waals surface area contributed by atoms with Crippen LogP contribution in [-0.2, 0) is 10.0 Å². The smallest absolute Gasteiger partial charge is 0.207 e. The second-order valence-corrected chi connectivity index (χ2v) is 8.48. The van der Waals surface area contributed by atoms with Crippen LogP contribution in [0.3, 0.4) is 0 Å². The van der Waals surface area contributed by atoms with Crippen molar-refractivity contribution in [3.63, 3.8) is 0 Å². The van der Waals surface area contributed by atoms with Crippen molar-refractivity contribution < 1.29 is 8.42 Å². The van der Waals surface area contributed by atoms with Crippen molar-refractivity contribution in [2.24, 2.45) is 0 Å². The van der Waals surface area contributed by atoms with E-state index in [1.807, 2.05) is 103 Å². The molecule has 0 unspecified atom stereocenters. The molecule has 4 rings (SSSR count). The Kier molecular flexibility index (Phi) is 5.56. The Labute approximate surface area is 171 Å². The molecule has 4 aromatic rings. The number of sulfonamides is 1. The molecular formula is C25H21NO2S. The first-order valence-corrected chi connectivity index (χ1v) is 10.9. The van der Waals surface area contributed by atoms with Gasteiger partial charge in [-0.05, 0) is 34.4 Å². The van der Waals surface area contributed by atoms with E-state index in [1.54, 1.807) is 12.1 Å². The van der Waals surface area contributed by atoms with Gasteiger partial charge in [0.2, 0.25) is 10.0 Å². The third-order valence-corrected chi connectivity index (χ3v) is 6.25. The fraction of sp³-hybridized carbons (Fsp3) is 0.0400. The molecule has 0 aliphatic heterocycles. The average molecular weight is 400 g/mol. The van der Waals surface area contributed by atoms with Crippen LogP contribution >= 0.6 is 0 Å². The van der Waals surface area contributed by atoms with Gasteiger partial charge in [0.05, 0.1) is 10.9 Å². The van der Waals surface area contributed by atoms with Crippen molar-refractivity contribution in [1.29, 1.82) is 0 Å². The van der Waals surface area contributed by atoms with Crippen molar-refractivity contribution in [2.45, 2.75) is 10.9 Å². The van der Waals surface area contributed by atoms with Gasteiger partial charge in [0.1, 0.15) is 0 Å². The summed E-state index contributed by atoms with van der Waals surface area (Å²) in [6.45, 7) is 0. The quantitative estimate of drug-likeness (QED) is 0.470. The average Bonchev–Trinajstić information content (AvgIpc) is 2.79. The summed E-state index contributed by atoms with van der Waals surface area (Å²) >= 11 is 0. The van der Waals surface area contributed by atoms with Gasteiger partial charge in [-0.25, -0.2) is 8.42 Å². The van der Waals surface area contributed by atoms with E-state index in [-0.39, 0.29) is 4.90 Å². The maximum Gasteiger partial charge on any atom is 0.241 e. The van der Waals surface area contributed by atoms with Gasteiger partial charge in [0, 0.05) is 0 Å². The maximum absolute atomic E-state index is 13.1. The molecule has 0 aromatic heterocycles. The van der Waals surface area contributed by atoms with Crippen LogP contribution in [-0.4, -0.2) is 8.42 Å². The Morgan fingerprint density at radius 2 is 0.931 bits per heavy atom. The van der Waals surface area contributed by atoms with Gasteiger partial charge in [0.25, 0.3) is 0 Å². The van der Waals surface area contributed by atoms with E-state index in [0.29, 0.717) is 0 Å². The molecule has 0 atom stereocenters. The summed E-state index contributed by atoms with van der Waals surface area (Å²) in [6, 6.07) is 35.6.